The highest BCUT2D eigenvalue weighted by Crippen LogP contribution is 2.23. The zero-order valence-electron chi connectivity index (χ0n) is 26.2. The van der Waals surface area contributed by atoms with Crippen molar-refractivity contribution in [2.24, 2.45) is 20.4 Å². The SMILES string of the molecule is COc1cc(NC(C)=O)ccc1C=NN=C(NN=Cc1ccc(NC(C)=O)cc1OC)NN=Cc1ccc(NC(C)=O)cc1OC. The first-order valence-corrected chi connectivity index (χ1v) is 13.7. The van der Waals surface area contributed by atoms with Gasteiger partial charge in [0.25, 0.3) is 5.96 Å². The summed E-state index contributed by atoms with van der Waals surface area (Å²) in [6, 6.07) is 15.3. The fourth-order valence-electron chi connectivity index (χ4n) is 3.84. The van der Waals surface area contributed by atoms with Crippen molar-refractivity contribution in [1.29, 1.82) is 0 Å². The molecule has 0 spiro atoms. The number of carbonyl (C=O) groups is 3. The van der Waals surface area contributed by atoms with Gasteiger partial charge < -0.3 is 30.2 Å². The number of carbonyl (C=O) groups excluding carboxylic acids is 3. The predicted octanol–water partition coefficient (Wildman–Crippen LogP) is 3.52. The number of nitrogens with one attached hydrogen (secondary N) is 5. The quantitative estimate of drug-likeness (QED) is 0.114. The molecule has 0 saturated heterocycles. The number of ether oxygens (including phenoxy) is 3. The number of hydrogen-bond acceptors (Lipinski definition) is 10. The number of guanidine groups is 1. The van der Waals surface area contributed by atoms with E-state index in [0.29, 0.717) is 51.0 Å². The van der Waals surface area contributed by atoms with Crippen LogP contribution < -0.4 is 41.0 Å². The van der Waals surface area contributed by atoms with Crippen LogP contribution in [0.1, 0.15) is 37.5 Å². The first-order chi connectivity index (χ1) is 22.1. The molecule has 240 valence electrons. The maximum absolute atomic E-state index is 11.4. The number of anilines is 3. The standard InChI is InChI=1S/C31H35N9O6/c1-19(41)35-25-10-7-22(28(13-25)44-4)16-32-38-31(39-33-17-23-8-11-26(36-20(2)42)14-29(23)45-5)40-34-18-24-9-12-27(37-21(3)43)15-30(24)46-6/h7-18H,1-6H3,(H,35,41)(H,36,42)(H,37,43)(H2,38,39,40). The predicted molar refractivity (Wildman–Crippen MR) is 178 cm³/mol. The Morgan fingerprint density at radius 3 is 1.24 bits per heavy atom. The van der Waals surface area contributed by atoms with Gasteiger partial charge in [0, 0.05) is 72.7 Å². The Bertz CT molecular complexity index is 1600. The first kappa shape index (κ1) is 34.2. The Balaban J connectivity index is 1.86. The Labute approximate surface area is 265 Å². The lowest BCUT2D eigenvalue weighted by Gasteiger charge is -2.09. The minimum atomic E-state index is -0.210. The second kappa shape index (κ2) is 17.1. The van der Waals surface area contributed by atoms with Gasteiger partial charge in [0.05, 0.1) is 40.0 Å². The number of nitrogens with zero attached hydrogens (tertiary/aromatic N) is 4. The molecule has 0 aliphatic rings. The molecule has 0 bridgehead atoms. The highest BCUT2D eigenvalue weighted by Gasteiger charge is 2.07. The first-order valence-electron chi connectivity index (χ1n) is 13.7. The van der Waals surface area contributed by atoms with Crippen LogP contribution in [0, 0.1) is 0 Å². The van der Waals surface area contributed by atoms with Crippen LogP contribution in [0.5, 0.6) is 17.2 Å². The fraction of sp³-hybridized carbons (Fsp3) is 0.194. The molecule has 0 saturated carbocycles. The van der Waals surface area contributed by atoms with Crippen molar-refractivity contribution in [1.82, 2.24) is 10.9 Å². The van der Waals surface area contributed by atoms with Crippen LogP contribution in [0.2, 0.25) is 0 Å². The minimum absolute atomic E-state index is 0.0419. The molecule has 0 aromatic heterocycles. The van der Waals surface area contributed by atoms with Crippen LogP contribution in [0.3, 0.4) is 0 Å². The summed E-state index contributed by atoms with van der Waals surface area (Å²) in [4.78, 5) is 34.2. The summed E-state index contributed by atoms with van der Waals surface area (Å²) < 4.78 is 16.3. The van der Waals surface area contributed by atoms with Gasteiger partial charge in [-0.2, -0.15) is 15.3 Å². The van der Waals surface area contributed by atoms with Crippen molar-refractivity contribution < 1.29 is 28.6 Å². The molecule has 0 atom stereocenters. The summed E-state index contributed by atoms with van der Waals surface area (Å²) in [6.45, 7) is 4.24. The number of methoxy groups -OCH3 is 3. The van der Waals surface area contributed by atoms with Crippen LogP contribution >= 0.6 is 0 Å². The maximum atomic E-state index is 11.4. The van der Waals surface area contributed by atoms with Crippen LogP contribution in [-0.2, 0) is 14.4 Å². The number of rotatable bonds is 12. The zero-order valence-corrected chi connectivity index (χ0v) is 26.2. The highest BCUT2D eigenvalue weighted by molar-refractivity contribution is 5.93. The van der Waals surface area contributed by atoms with E-state index in [9.17, 15) is 14.4 Å². The van der Waals surface area contributed by atoms with E-state index in [4.69, 9.17) is 14.2 Å². The largest absolute Gasteiger partial charge is 0.496 e. The third-order valence-electron chi connectivity index (χ3n) is 5.76. The van der Waals surface area contributed by atoms with E-state index in [1.807, 2.05) is 0 Å². The Hall–Kier alpha value is -6.25. The lowest BCUT2D eigenvalue weighted by Crippen LogP contribution is -2.30. The van der Waals surface area contributed by atoms with Gasteiger partial charge in [-0.25, -0.2) is 10.9 Å². The molecule has 5 N–H and O–H groups in total. The number of hydrazone groups is 2. The second-order valence-electron chi connectivity index (χ2n) is 9.35. The van der Waals surface area contributed by atoms with Gasteiger partial charge in [-0.15, -0.1) is 5.10 Å². The minimum Gasteiger partial charge on any atom is -0.496 e. The molecule has 3 rings (SSSR count). The van der Waals surface area contributed by atoms with Gasteiger partial charge in [-0.05, 0) is 36.4 Å². The molecule has 0 radical (unpaired) electrons. The molecule has 0 heterocycles. The van der Waals surface area contributed by atoms with E-state index in [2.05, 4.69) is 47.2 Å². The third-order valence-corrected chi connectivity index (χ3v) is 5.76. The number of benzene rings is 3. The van der Waals surface area contributed by atoms with Crippen molar-refractivity contribution >= 4 is 59.4 Å². The summed E-state index contributed by atoms with van der Waals surface area (Å²) in [6.07, 6.45) is 4.45. The topological polar surface area (TPSA) is 188 Å². The van der Waals surface area contributed by atoms with E-state index in [-0.39, 0.29) is 23.7 Å². The van der Waals surface area contributed by atoms with Gasteiger partial charge in [0.2, 0.25) is 17.7 Å². The molecule has 0 aliphatic heterocycles. The zero-order chi connectivity index (χ0) is 33.5. The second-order valence-corrected chi connectivity index (χ2v) is 9.35. The van der Waals surface area contributed by atoms with Crippen molar-refractivity contribution in [3.05, 3.63) is 71.3 Å². The maximum Gasteiger partial charge on any atom is 0.257 e. The molecule has 46 heavy (non-hydrogen) atoms. The van der Waals surface area contributed by atoms with Gasteiger partial charge in [0.15, 0.2) is 0 Å². The Morgan fingerprint density at radius 2 is 0.913 bits per heavy atom. The monoisotopic (exact) mass is 629 g/mol. The van der Waals surface area contributed by atoms with E-state index < -0.39 is 0 Å². The number of hydrogen-bond donors (Lipinski definition) is 5. The third kappa shape index (κ3) is 10.8. The van der Waals surface area contributed by atoms with Gasteiger partial charge in [0.1, 0.15) is 17.2 Å². The molecule has 15 nitrogen and oxygen atoms in total. The molecule has 0 unspecified atom stereocenters. The average molecular weight is 630 g/mol. The van der Waals surface area contributed by atoms with E-state index in [1.165, 1.54) is 60.7 Å². The Kier molecular flexibility index (Phi) is 12.8. The van der Waals surface area contributed by atoms with E-state index in [1.54, 1.807) is 54.6 Å². The number of amides is 3. The van der Waals surface area contributed by atoms with Gasteiger partial charge >= 0.3 is 0 Å². The molecule has 15 heteroatoms. The Morgan fingerprint density at radius 1 is 0.565 bits per heavy atom. The molecular weight excluding hydrogens is 594 g/mol. The average Bonchev–Trinajstić information content (AvgIpc) is 3.01. The fourth-order valence-corrected chi connectivity index (χ4v) is 3.84. The van der Waals surface area contributed by atoms with Gasteiger partial charge in [-0.3, -0.25) is 14.4 Å². The van der Waals surface area contributed by atoms with Crippen LogP contribution in [0.15, 0.2) is 75.0 Å². The van der Waals surface area contributed by atoms with Crippen LogP contribution in [-0.4, -0.2) is 63.7 Å². The molecule has 0 aliphatic carbocycles. The summed E-state index contributed by atoms with van der Waals surface area (Å²) in [7, 11) is 4.51. The molecule has 3 aromatic carbocycles. The summed E-state index contributed by atoms with van der Waals surface area (Å²) in [5, 5.41) is 24.8. The highest BCUT2D eigenvalue weighted by atomic mass is 16.5. The van der Waals surface area contributed by atoms with Crippen molar-refractivity contribution in [2.45, 2.75) is 20.8 Å². The van der Waals surface area contributed by atoms with Crippen LogP contribution in [0.25, 0.3) is 0 Å². The molecule has 0 fully saturated rings. The van der Waals surface area contributed by atoms with Crippen molar-refractivity contribution in [3.8, 4) is 17.2 Å². The van der Waals surface area contributed by atoms with Crippen LogP contribution in [0.4, 0.5) is 17.1 Å². The molecule has 3 amide bonds. The normalized spacial score (nSPS) is 10.8. The smallest absolute Gasteiger partial charge is 0.257 e. The molecular formula is C31H35N9O6. The van der Waals surface area contributed by atoms with Crippen molar-refractivity contribution in [2.75, 3.05) is 37.3 Å². The molecule has 3 aromatic rings. The lowest BCUT2D eigenvalue weighted by molar-refractivity contribution is -0.115. The summed E-state index contributed by atoms with van der Waals surface area (Å²) in [5.74, 6) is 0.835. The van der Waals surface area contributed by atoms with Gasteiger partial charge in [-0.1, -0.05) is 0 Å². The van der Waals surface area contributed by atoms with Crippen molar-refractivity contribution in [3.63, 3.8) is 0 Å². The summed E-state index contributed by atoms with van der Waals surface area (Å²) >= 11 is 0. The summed E-state index contributed by atoms with van der Waals surface area (Å²) in [5.41, 5.74) is 9.05. The van der Waals surface area contributed by atoms with E-state index in [0.717, 1.165) is 0 Å². The lowest BCUT2D eigenvalue weighted by atomic mass is 10.2. The van der Waals surface area contributed by atoms with E-state index >= 15 is 0 Å².